The maximum atomic E-state index is 12.2. The predicted octanol–water partition coefficient (Wildman–Crippen LogP) is 3.05. The lowest BCUT2D eigenvalue weighted by atomic mass is 9.96. The summed E-state index contributed by atoms with van der Waals surface area (Å²) in [5.74, 6) is 1.50. The fourth-order valence-corrected chi connectivity index (χ4v) is 3.45. The van der Waals surface area contributed by atoms with Crippen LogP contribution in [-0.2, 0) is 17.8 Å². The standard InChI is InChI=1S/C22H29N3O2/c1-2-27-21-8-6-18(7-9-21)15-22(26)24-16-19-10-13-25(14-11-19)17-20-5-3-4-12-23-20/h3-9,12,19H,2,10-11,13-17H2,1H3,(H,24,26). The van der Waals surface area contributed by atoms with Crippen molar-refractivity contribution in [3.63, 3.8) is 0 Å². The van der Waals surface area contributed by atoms with Crippen LogP contribution < -0.4 is 10.1 Å². The van der Waals surface area contributed by atoms with Crippen LogP contribution in [0.15, 0.2) is 48.7 Å². The van der Waals surface area contributed by atoms with Crippen molar-refractivity contribution in [2.75, 3.05) is 26.2 Å². The molecule has 3 rings (SSSR count). The fourth-order valence-electron chi connectivity index (χ4n) is 3.45. The molecule has 5 nitrogen and oxygen atoms in total. The van der Waals surface area contributed by atoms with Crippen LogP contribution in [0, 0.1) is 5.92 Å². The molecule has 2 heterocycles. The van der Waals surface area contributed by atoms with E-state index in [1.807, 2.05) is 49.5 Å². The van der Waals surface area contributed by atoms with E-state index in [9.17, 15) is 4.79 Å². The van der Waals surface area contributed by atoms with Gasteiger partial charge in [-0.25, -0.2) is 0 Å². The number of carbonyl (C=O) groups is 1. The Kier molecular flexibility index (Phi) is 7.22. The molecule has 1 aromatic carbocycles. The number of benzene rings is 1. The molecule has 5 heteroatoms. The molecule has 1 fully saturated rings. The Morgan fingerprint density at radius 2 is 1.96 bits per heavy atom. The van der Waals surface area contributed by atoms with E-state index in [1.165, 1.54) is 0 Å². The molecule has 1 aromatic heterocycles. The summed E-state index contributed by atoms with van der Waals surface area (Å²) < 4.78 is 5.43. The molecule has 0 atom stereocenters. The van der Waals surface area contributed by atoms with Gasteiger partial charge in [0.05, 0.1) is 18.7 Å². The number of piperidine rings is 1. The molecule has 0 saturated carbocycles. The SMILES string of the molecule is CCOc1ccc(CC(=O)NCC2CCN(Cc3ccccn3)CC2)cc1. The molecule has 27 heavy (non-hydrogen) atoms. The van der Waals surface area contributed by atoms with E-state index < -0.39 is 0 Å². The van der Waals surface area contributed by atoms with Crippen molar-refractivity contribution in [3.05, 3.63) is 59.9 Å². The van der Waals surface area contributed by atoms with Crippen molar-refractivity contribution in [2.45, 2.75) is 32.7 Å². The molecule has 0 bridgehead atoms. The summed E-state index contributed by atoms with van der Waals surface area (Å²) in [6.45, 7) is 6.43. The third-order valence-electron chi connectivity index (χ3n) is 5.01. The van der Waals surface area contributed by atoms with Gasteiger partial charge in [-0.3, -0.25) is 14.7 Å². The molecular weight excluding hydrogens is 338 g/mol. The molecule has 144 valence electrons. The van der Waals surface area contributed by atoms with Crippen molar-refractivity contribution < 1.29 is 9.53 Å². The van der Waals surface area contributed by atoms with Gasteiger partial charge in [0.2, 0.25) is 5.91 Å². The van der Waals surface area contributed by atoms with Gasteiger partial charge in [0.25, 0.3) is 0 Å². The minimum atomic E-state index is 0.0927. The lowest BCUT2D eigenvalue weighted by Crippen LogP contribution is -2.38. The van der Waals surface area contributed by atoms with Crippen molar-refractivity contribution in [1.29, 1.82) is 0 Å². The van der Waals surface area contributed by atoms with Crippen molar-refractivity contribution in [3.8, 4) is 5.75 Å². The molecule has 0 radical (unpaired) electrons. The molecule has 2 aromatic rings. The quantitative estimate of drug-likeness (QED) is 0.779. The van der Waals surface area contributed by atoms with Crippen LogP contribution in [-0.4, -0.2) is 42.0 Å². The summed E-state index contributed by atoms with van der Waals surface area (Å²) in [4.78, 5) is 19.1. The number of nitrogens with one attached hydrogen (secondary N) is 1. The first-order valence-corrected chi connectivity index (χ1v) is 9.83. The van der Waals surface area contributed by atoms with Crippen molar-refractivity contribution in [2.24, 2.45) is 5.92 Å². The third kappa shape index (κ3) is 6.36. The highest BCUT2D eigenvalue weighted by Gasteiger charge is 2.20. The monoisotopic (exact) mass is 367 g/mol. The average molecular weight is 367 g/mol. The van der Waals surface area contributed by atoms with E-state index in [0.717, 1.165) is 56.0 Å². The van der Waals surface area contributed by atoms with Gasteiger partial charge in [-0.1, -0.05) is 18.2 Å². The summed E-state index contributed by atoms with van der Waals surface area (Å²) in [6, 6.07) is 13.8. The van der Waals surface area contributed by atoms with E-state index in [4.69, 9.17) is 4.74 Å². The number of hydrogen-bond donors (Lipinski definition) is 1. The van der Waals surface area contributed by atoms with Gasteiger partial charge >= 0.3 is 0 Å². The Balaban J connectivity index is 1.35. The second-order valence-electron chi connectivity index (χ2n) is 7.10. The highest BCUT2D eigenvalue weighted by atomic mass is 16.5. The summed E-state index contributed by atoms with van der Waals surface area (Å²) in [5, 5.41) is 3.10. The zero-order chi connectivity index (χ0) is 18.9. The number of hydrogen-bond acceptors (Lipinski definition) is 4. The molecule has 1 N–H and O–H groups in total. The zero-order valence-corrected chi connectivity index (χ0v) is 16.1. The summed E-state index contributed by atoms with van der Waals surface area (Å²) in [6.07, 6.45) is 4.51. The molecule has 1 amide bonds. The van der Waals surface area contributed by atoms with Crippen LogP contribution in [0.2, 0.25) is 0 Å². The second kappa shape index (κ2) is 10.1. The minimum Gasteiger partial charge on any atom is -0.494 e. The van der Waals surface area contributed by atoms with Gasteiger partial charge in [-0.15, -0.1) is 0 Å². The van der Waals surface area contributed by atoms with Crippen molar-refractivity contribution in [1.82, 2.24) is 15.2 Å². The minimum absolute atomic E-state index is 0.0927. The van der Waals surface area contributed by atoms with Crippen LogP contribution in [0.3, 0.4) is 0 Å². The first-order valence-electron chi connectivity index (χ1n) is 9.83. The normalized spacial score (nSPS) is 15.4. The Hall–Kier alpha value is -2.40. The van der Waals surface area contributed by atoms with Gasteiger partial charge in [-0.2, -0.15) is 0 Å². The highest BCUT2D eigenvalue weighted by Crippen LogP contribution is 2.18. The van der Waals surface area contributed by atoms with Crippen LogP contribution >= 0.6 is 0 Å². The van der Waals surface area contributed by atoms with Gasteiger partial charge in [0, 0.05) is 19.3 Å². The van der Waals surface area contributed by atoms with Crippen LogP contribution in [0.25, 0.3) is 0 Å². The summed E-state index contributed by atoms with van der Waals surface area (Å²) in [5.41, 5.74) is 2.14. The van der Waals surface area contributed by atoms with Gasteiger partial charge < -0.3 is 10.1 Å². The van der Waals surface area contributed by atoms with E-state index in [1.54, 1.807) is 0 Å². The first-order chi connectivity index (χ1) is 13.2. The molecule has 1 aliphatic heterocycles. The number of amides is 1. The highest BCUT2D eigenvalue weighted by molar-refractivity contribution is 5.78. The van der Waals surface area contributed by atoms with Crippen molar-refractivity contribution >= 4 is 5.91 Å². The number of carbonyl (C=O) groups excluding carboxylic acids is 1. The average Bonchev–Trinajstić information content (AvgIpc) is 2.70. The van der Waals surface area contributed by atoms with E-state index in [2.05, 4.69) is 21.3 Å². The number of rotatable bonds is 8. The Morgan fingerprint density at radius 1 is 1.19 bits per heavy atom. The number of ether oxygens (including phenoxy) is 1. The third-order valence-corrected chi connectivity index (χ3v) is 5.01. The van der Waals surface area contributed by atoms with E-state index >= 15 is 0 Å². The van der Waals surface area contributed by atoms with Crippen LogP contribution in [0.1, 0.15) is 31.0 Å². The largest absolute Gasteiger partial charge is 0.494 e. The number of nitrogens with zero attached hydrogens (tertiary/aromatic N) is 2. The van der Waals surface area contributed by atoms with E-state index in [0.29, 0.717) is 18.9 Å². The Morgan fingerprint density at radius 3 is 2.63 bits per heavy atom. The van der Waals surface area contributed by atoms with Crippen LogP contribution in [0.5, 0.6) is 5.75 Å². The topological polar surface area (TPSA) is 54.5 Å². The first kappa shape index (κ1) is 19.4. The molecule has 1 aliphatic rings. The maximum absolute atomic E-state index is 12.2. The molecule has 0 aliphatic carbocycles. The predicted molar refractivity (Wildman–Crippen MR) is 107 cm³/mol. The summed E-state index contributed by atoms with van der Waals surface area (Å²) in [7, 11) is 0. The molecule has 1 saturated heterocycles. The lowest BCUT2D eigenvalue weighted by molar-refractivity contribution is -0.120. The zero-order valence-electron chi connectivity index (χ0n) is 16.1. The number of pyridine rings is 1. The smallest absolute Gasteiger partial charge is 0.224 e. The molecule has 0 unspecified atom stereocenters. The molecular formula is C22H29N3O2. The Bertz CT molecular complexity index is 695. The maximum Gasteiger partial charge on any atom is 0.224 e. The lowest BCUT2D eigenvalue weighted by Gasteiger charge is -2.31. The fraction of sp³-hybridized carbons (Fsp3) is 0.455. The summed E-state index contributed by atoms with van der Waals surface area (Å²) >= 11 is 0. The van der Waals surface area contributed by atoms with Gasteiger partial charge in [0.1, 0.15) is 5.75 Å². The number of likely N-dealkylation sites (tertiary alicyclic amines) is 1. The van der Waals surface area contributed by atoms with Gasteiger partial charge in [-0.05, 0) is 68.6 Å². The van der Waals surface area contributed by atoms with Gasteiger partial charge in [0.15, 0.2) is 0 Å². The second-order valence-corrected chi connectivity index (χ2v) is 7.10. The van der Waals surface area contributed by atoms with E-state index in [-0.39, 0.29) is 5.91 Å². The van der Waals surface area contributed by atoms with Crippen LogP contribution in [0.4, 0.5) is 0 Å². The molecule has 0 spiro atoms. The Labute approximate surface area is 161 Å². The number of aromatic nitrogens is 1.